The number of alkyl halides is 3. The molecule has 0 atom stereocenters. The molecule has 0 saturated carbocycles. The number of allylic oxidation sites excluding steroid dienone is 4. The first-order valence-corrected chi connectivity index (χ1v) is 6.13. The first kappa shape index (κ1) is 14.0. The molecule has 1 N–H and O–H groups in total. The number of aliphatic hydroxyl groups excluding tert-OH is 1. The maximum Gasteiger partial charge on any atom is 0.573 e. The number of halogens is 3. The second-order valence-corrected chi connectivity index (χ2v) is 4.91. The minimum absolute atomic E-state index is 0.178. The van der Waals surface area contributed by atoms with Crippen molar-refractivity contribution in [2.45, 2.75) is 12.8 Å². The molecule has 1 heterocycles. The summed E-state index contributed by atoms with van der Waals surface area (Å²) in [5.41, 5.74) is 0.787. The van der Waals surface area contributed by atoms with E-state index in [1.807, 2.05) is 0 Å². The van der Waals surface area contributed by atoms with Crippen molar-refractivity contribution >= 4 is 17.8 Å². The average molecular weight is 292 g/mol. The Bertz CT molecular complexity index is 495. The zero-order chi connectivity index (χ0) is 14.0. The van der Waals surface area contributed by atoms with Crippen molar-refractivity contribution < 1.29 is 23.0 Å². The summed E-state index contributed by atoms with van der Waals surface area (Å²) in [6.45, 7) is -0.178. The van der Waals surface area contributed by atoms with Gasteiger partial charge in [-0.1, -0.05) is 6.08 Å². The van der Waals surface area contributed by atoms with Gasteiger partial charge in [-0.05, 0) is 24.1 Å². The van der Waals surface area contributed by atoms with E-state index >= 15 is 0 Å². The fourth-order valence-corrected chi connectivity index (χ4v) is 2.43. The molecule has 0 radical (unpaired) electrons. The van der Waals surface area contributed by atoms with Gasteiger partial charge < -0.3 is 9.84 Å². The van der Waals surface area contributed by atoms with Crippen LogP contribution in [-0.4, -0.2) is 35.3 Å². The van der Waals surface area contributed by atoms with E-state index in [1.165, 1.54) is 24.1 Å². The molecule has 0 aromatic heterocycles. The molecule has 0 amide bonds. The zero-order valence-electron chi connectivity index (χ0n) is 9.94. The molecule has 0 fully saturated rings. The van der Waals surface area contributed by atoms with Crippen molar-refractivity contribution in [1.29, 1.82) is 0 Å². The number of nitrogens with zero attached hydrogens (tertiary/aromatic N) is 2. The SMILES string of the molecule is CN1SC(=C2C=CC(OC(F)(F)F)=CC2)N=C1CO. The largest absolute Gasteiger partial charge is 0.573 e. The monoisotopic (exact) mass is 292 g/mol. The standard InChI is InChI=1S/C11H11F3N2O2S/c1-16-9(6-17)15-10(19-16)7-2-4-8(5-3-7)18-11(12,13)14/h2,4-5,17H,3,6H2,1H3. The maximum absolute atomic E-state index is 12.0. The highest BCUT2D eigenvalue weighted by atomic mass is 32.2. The molecule has 0 unspecified atom stereocenters. The van der Waals surface area contributed by atoms with Crippen molar-refractivity contribution in [3.05, 3.63) is 34.6 Å². The van der Waals surface area contributed by atoms with Gasteiger partial charge in [0.05, 0.1) is 0 Å². The van der Waals surface area contributed by atoms with E-state index in [-0.39, 0.29) is 12.4 Å². The Morgan fingerprint density at radius 2 is 2.21 bits per heavy atom. The van der Waals surface area contributed by atoms with Crippen molar-refractivity contribution in [2.75, 3.05) is 13.7 Å². The minimum atomic E-state index is -4.68. The second-order valence-electron chi connectivity index (χ2n) is 3.80. The van der Waals surface area contributed by atoms with Gasteiger partial charge in [0.2, 0.25) is 0 Å². The smallest absolute Gasteiger partial charge is 0.406 e. The van der Waals surface area contributed by atoms with Crippen LogP contribution in [0.5, 0.6) is 0 Å². The molecule has 0 aromatic carbocycles. The van der Waals surface area contributed by atoms with Gasteiger partial charge in [-0.3, -0.25) is 4.31 Å². The van der Waals surface area contributed by atoms with Crippen LogP contribution in [0.25, 0.3) is 0 Å². The summed E-state index contributed by atoms with van der Waals surface area (Å²) in [5, 5.41) is 9.71. The summed E-state index contributed by atoms with van der Waals surface area (Å²) in [4.78, 5) is 4.20. The number of likely N-dealkylation sites (N-methyl/N-ethyl adjacent to an activating group) is 1. The number of hydrogen-bond acceptors (Lipinski definition) is 5. The highest BCUT2D eigenvalue weighted by Gasteiger charge is 2.32. The van der Waals surface area contributed by atoms with Crippen LogP contribution in [0.2, 0.25) is 0 Å². The van der Waals surface area contributed by atoms with Gasteiger partial charge in [-0.25, -0.2) is 4.99 Å². The van der Waals surface area contributed by atoms with Crippen molar-refractivity contribution in [2.24, 2.45) is 4.99 Å². The molecule has 0 spiro atoms. The van der Waals surface area contributed by atoms with Crippen LogP contribution in [0.3, 0.4) is 0 Å². The first-order chi connectivity index (χ1) is 8.89. The molecule has 8 heteroatoms. The normalized spacial score (nSPS) is 23.5. The van der Waals surface area contributed by atoms with E-state index < -0.39 is 6.36 Å². The Balaban J connectivity index is 2.09. The van der Waals surface area contributed by atoms with Gasteiger partial charge in [0.25, 0.3) is 0 Å². The maximum atomic E-state index is 12.0. The van der Waals surface area contributed by atoms with Gasteiger partial charge in [0, 0.05) is 19.0 Å². The number of rotatable bonds is 2. The number of aliphatic hydroxyl groups is 1. The molecular weight excluding hydrogens is 281 g/mol. The fourth-order valence-electron chi connectivity index (χ4n) is 1.55. The predicted molar refractivity (Wildman–Crippen MR) is 65.9 cm³/mol. The van der Waals surface area contributed by atoms with Crippen LogP contribution in [0.4, 0.5) is 13.2 Å². The Morgan fingerprint density at radius 1 is 1.47 bits per heavy atom. The highest BCUT2D eigenvalue weighted by Crippen LogP contribution is 2.35. The van der Waals surface area contributed by atoms with E-state index in [1.54, 1.807) is 17.4 Å². The zero-order valence-corrected chi connectivity index (χ0v) is 10.8. The van der Waals surface area contributed by atoms with Crippen LogP contribution in [0.1, 0.15) is 6.42 Å². The fraction of sp³-hybridized carbons (Fsp3) is 0.364. The second kappa shape index (κ2) is 5.30. The average Bonchev–Trinajstić information content (AvgIpc) is 2.69. The van der Waals surface area contributed by atoms with Gasteiger partial charge in [0.1, 0.15) is 23.2 Å². The van der Waals surface area contributed by atoms with Crippen LogP contribution >= 0.6 is 11.9 Å². The van der Waals surface area contributed by atoms with E-state index in [4.69, 9.17) is 5.11 Å². The molecule has 4 nitrogen and oxygen atoms in total. The molecular formula is C11H11F3N2O2S. The lowest BCUT2D eigenvalue weighted by Gasteiger charge is -2.13. The lowest BCUT2D eigenvalue weighted by Crippen LogP contribution is -2.18. The van der Waals surface area contributed by atoms with E-state index in [0.29, 0.717) is 17.3 Å². The molecule has 2 rings (SSSR count). The van der Waals surface area contributed by atoms with Gasteiger partial charge >= 0.3 is 6.36 Å². The molecule has 1 aliphatic carbocycles. The Hall–Kier alpha value is -1.41. The van der Waals surface area contributed by atoms with Crippen LogP contribution in [0.15, 0.2) is 39.6 Å². The highest BCUT2D eigenvalue weighted by molar-refractivity contribution is 8.01. The number of ether oxygens (including phenoxy) is 1. The molecule has 19 heavy (non-hydrogen) atoms. The van der Waals surface area contributed by atoms with Gasteiger partial charge in [-0.15, -0.1) is 13.2 Å². The molecule has 104 valence electrons. The van der Waals surface area contributed by atoms with E-state index in [2.05, 4.69) is 9.73 Å². The molecule has 1 aliphatic heterocycles. The lowest BCUT2D eigenvalue weighted by molar-refractivity contribution is -0.303. The number of hydrogen-bond donors (Lipinski definition) is 1. The summed E-state index contributed by atoms with van der Waals surface area (Å²) in [7, 11) is 1.76. The van der Waals surface area contributed by atoms with E-state index in [0.717, 1.165) is 5.57 Å². The third-order valence-electron chi connectivity index (χ3n) is 2.44. The molecule has 2 aliphatic rings. The lowest BCUT2D eigenvalue weighted by atomic mass is 10.1. The summed E-state index contributed by atoms with van der Waals surface area (Å²) in [5.74, 6) is 0.293. The Labute approximate surface area is 112 Å². The van der Waals surface area contributed by atoms with Crippen LogP contribution in [0, 0.1) is 0 Å². The predicted octanol–water partition coefficient (Wildman–Crippen LogP) is 2.56. The molecule has 0 bridgehead atoms. The molecule has 0 aromatic rings. The van der Waals surface area contributed by atoms with Gasteiger partial charge in [0.15, 0.2) is 0 Å². The number of amidine groups is 1. The third-order valence-corrected chi connectivity index (χ3v) is 3.45. The van der Waals surface area contributed by atoms with Crippen molar-refractivity contribution in [3.63, 3.8) is 0 Å². The molecule has 0 saturated heterocycles. The van der Waals surface area contributed by atoms with E-state index in [9.17, 15) is 13.2 Å². The minimum Gasteiger partial charge on any atom is -0.406 e. The third kappa shape index (κ3) is 3.54. The summed E-state index contributed by atoms with van der Waals surface area (Å²) < 4.78 is 41.6. The Kier molecular flexibility index (Phi) is 3.91. The summed E-state index contributed by atoms with van der Waals surface area (Å²) >= 11 is 1.32. The number of aliphatic imine (C=N–C) groups is 1. The summed E-state index contributed by atoms with van der Waals surface area (Å²) in [6.07, 6.45) is -0.220. The van der Waals surface area contributed by atoms with Crippen molar-refractivity contribution in [3.8, 4) is 0 Å². The first-order valence-electron chi connectivity index (χ1n) is 5.36. The summed E-state index contributed by atoms with van der Waals surface area (Å²) in [6, 6.07) is 0. The Morgan fingerprint density at radius 3 is 2.68 bits per heavy atom. The van der Waals surface area contributed by atoms with Gasteiger partial charge in [-0.2, -0.15) is 0 Å². The quantitative estimate of drug-likeness (QED) is 0.795. The van der Waals surface area contributed by atoms with Crippen LogP contribution in [-0.2, 0) is 4.74 Å². The van der Waals surface area contributed by atoms with Crippen LogP contribution < -0.4 is 0 Å². The van der Waals surface area contributed by atoms with Crippen molar-refractivity contribution in [1.82, 2.24) is 4.31 Å². The topological polar surface area (TPSA) is 45.1 Å².